The molecule has 0 spiro atoms. The van der Waals surface area contributed by atoms with Gasteiger partial charge < -0.3 is 24.0 Å². The lowest BCUT2D eigenvalue weighted by Crippen LogP contribution is -2.50. The van der Waals surface area contributed by atoms with Gasteiger partial charge in [-0.3, -0.25) is 5.32 Å². The number of esters is 1. The van der Waals surface area contributed by atoms with Gasteiger partial charge in [0.15, 0.2) is 0 Å². The Hall–Kier alpha value is -2.97. The predicted octanol–water partition coefficient (Wildman–Crippen LogP) is 3.88. The Labute approximate surface area is 183 Å². The average Bonchev–Trinajstić information content (AvgIpc) is 2.64. The van der Waals surface area contributed by atoms with Crippen LogP contribution in [0, 0.1) is 0 Å². The molecular weight excluding hydrogens is 402 g/mol. The SMILES string of the molecule is COC(=O)c1ccc(N2CCN(C(=O)OC(C)(C)C)CC2)cc1NC(=O)OC(C)(C)C. The van der Waals surface area contributed by atoms with Crippen molar-refractivity contribution in [3.05, 3.63) is 23.8 Å². The van der Waals surface area contributed by atoms with E-state index < -0.39 is 23.3 Å². The van der Waals surface area contributed by atoms with Crippen LogP contribution in [0.1, 0.15) is 51.9 Å². The van der Waals surface area contributed by atoms with Crippen LogP contribution in [-0.4, -0.2) is 67.5 Å². The third-order valence-corrected chi connectivity index (χ3v) is 4.34. The zero-order valence-corrected chi connectivity index (χ0v) is 19.4. The molecule has 31 heavy (non-hydrogen) atoms. The zero-order valence-electron chi connectivity index (χ0n) is 19.4. The van der Waals surface area contributed by atoms with Gasteiger partial charge in [-0.1, -0.05) is 0 Å². The van der Waals surface area contributed by atoms with E-state index in [0.717, 1.165) is 5.69 Å². The van der Waals surface area contributed by atoms with E-state index in [1.165, 1.54) is 7.11 Å². The van der Waals surface area contributed by atoms with Gasteiger partial charge in [-0.15, -0.1) is 0 Å². The molecule has 9 nitrogen and oxygen atoms in total. The standard InChI is InChI=1S/C22H33N3O6/c1-21(2,3)30-19(27)23-17-14-15(8-9-16(17)18(26)29-7)24-10-12-25(13-11-24)20(28)31-22(4,5)6/h8-9,14H,10-13H2,1-7H3,(H,23,27). The Morgan fingerprint density at radius 1 is 0.903 bits per heavy atom. The normalized spacial score (nSPS) is 14.7. The molecule has 0 bridgehead atoms. The first kappa shape index (κ1) is 24.3. The van der Waals surface area contributed by atoms with E-state index >= 15 is 0 Å². The molecule has 1 saturated heterocycles. The molecule has 0 aromatic heterocycles. The van der Waals surface area contributed by atoms with E-state index in [1.54, 1.807) is 43.9 Å². The fraction of sp³-hybridized carbons (Fsp3) is 0.591. The van der Waals surface area contributed by atoms with Crippen molar-refractivity contribution in [1.29, 1.82) is 0 Å². The summed E-state index contributed by atoms with van der Waals surface area (Å²) in [5, 5.41) is 2.64. The van der Waals surface area contributed by atoms with Crippen molar-refractivity contribution in [1.82, 2.24) is 4.90 Å². The molecule has 0 saturated carbocycles. The van der Waals surface area contributed by atoms with Gasteiger partial charge in [-0.2, -0.15) is 0 Å². The van der Waals surface area contributed by atoms with Crippen molar-refractivity contribution in [3.63, 3.8) is 0 Å². The number of rotatable bonds is 3. The molecule has 1 fully saturated rings. The van der Waals surface area contributed by atoms with Crippen molar-refractivity contribution in [2.75, 3.05) is 43.5 Å². The minimum Gasteiger partial charge on any atom is -0.465 e. The minimum atomic E-state index is -0.675. The highest BCUT2D eigenvalue weighted by molar-refractivity contribution is 6.00. The summed E-state index contributed by atoms with van der Waals surface area (Å²) in [6, 6.07) is 5.10. The third-order valence-electron chi connectivity index (χ3n) is 4.34. The lowest BCUT2D eigenvalue weighted by molar-refractivity contribution is 0.0240. The number of benzene rings is 1. The van der Waals surface area contributed by atoms with Crippen molar-refractivity contribution in [3.8, 4) is 0 Å². The largest absolute Gasteiger partial charge is 0.465 e. The Kier molecular flexibility index (Phi) is 7.41. The first-order valence-electron chi connectivity index (χ1n) is 10.2. The molecule has 0 aliphatic carbocycles. The van der Waals surface area contributed by atoms with Gasteiger partial charge in [0.2, 0.25) is 0 Å². The summed E-state index contributed by atoms with van der Waals surface area (Å²) in [6.07, 6.45) is -0.995. The Balaban J connectivity index is 2.14. The number of amides is 2. The molecule has 0 unspecified atom stereocenters. The zero-order chi connectivity index (χ0) is 23.4. The molecule has 9 heteroatoms. The number of anilines is 2. The summed E-state index contributed by atoms with van der Waals surface area (Å²) in [6.45, 7) is 13.0. The summed E-state index contributed by atoms with van der Waals surface area (Å²) < 4.78 is 15.6. The Bertz CT molecular complexity index is 818. The number of nitrogens with zero attached hydrogens (tertiary/aromatic N) is 2. The lowest BCUT2D eigenvalue weighted by atomic mass is 10.1. The van der Waals surface area contributed by atoms with Crippen LogP contribution in [0.25, 0.3) is 0 Å². The van der Waals surface area contributed by atoms with Crippen LogP contribution in [0.3, 0.4) is 0 Å². The number of methoxy groups -OCH3 is 1. The van der Waals surface area contributed by atoms with Gasteiger partial charge in [0.05, 0.1) is 18.4 Å². The first-order chi connectivity index (χ1) is 14.3. The predicted molar refractivity (Wildman–Crippen MR) is 118 cm³/mol. The van der Waals surface area contributed by atoms with Crippen molar-refractivity contribution >= 4 is 29.5 Å². The molecule has 172 valence electrons. The highest BCUT2D eigenvalue weighted by Crippen LogP contribution is 2.26. The molecule has 1 N–H and O–H groups in total. The molecule has 2 amide bonds. The van der Waals surface area contributed by atoms with Gasteiger partial charge >= 0.3 is 18.2 Å². The quantitative estimate of drug-likeness (QED) is 0.568. The highest BCUT2D eigenvalue weighted by Gasteiger charge is 2.27. The van der Waals surface area contributed by atoms with Crippen molar-refractivity contribution < 1.29 is 28.6 Å². The molecule has 2 rings (SSSR count). The number of hydrogen-bond acceptors (Lipinski definition) is 7. The Morgan fingerprint density at radius 3 is 2.00 bits per heavy atom. The molecule has 1 aliphatic rings. The minimum absolute atomic E-state index is 0.226. The fourth-order valence-electron chi connectivity index (χ4n) is 3.01. The van der Waals surface area contributed by atoms with E-state index in [0.29, 0.717) is 31.9 Å². The van der Waals surface area contributed by atoms with Crippen LogP contribution in [0.15, 0.2) is 18.2 Å². The van der Waals surface area contributed by atoms with E-state index in [4.69, 9.17) is 14.2 Å². The average molecular weight is 436 g/mol. The van der Waals surface area contributed by atoms with Crippen molar-refractivity contribution in [2.24, 2.45) is 0 Å². The van der Waals surface area contributed by atoms with Crippen LogP contribution in [0.4, 0.5) is 21.0 Å². The smallest absolute Gasteiger partial charge is 0.412 e. The Morgan fingerprint density at radius 2 is 1.48 bits per heavy atom. The molecule has 1 heterocycles. The fourth-order valence-corrected chi connectivity index (χ4v) is 3.01. The monoisotopic (exact) mass is 435 g/mol. The van der Waals surface area contributed by atoms with Gasteiger partial charge in [-0.05, 0) is 59.7 Å². The van der Waals surface area contributed by atoms with Gasteiger partial charge in [0, 0.05) is 31.9 Å². The maximum atomic E-state index is 12.3. The van der Waals surface area contributed by atoms with Crippen LogP contribution < -0.4 is 10.2 Å². The molecule has 1 aromatic rings. The summed E-state index contributed by atoms with van der Waals surface area (Å²) in [7, 11) is 1.28. The highest BCUT2D eigenvalue weighted by atomic mass is 16.6. The topological polar surface area (TPSA) is 97.4 Å². The maximum Gasteiger partial charge on any atom is 0.412 e. The molecule has 0 atom stereocenters. The van der Waals surface area contributed by atoms with E-state index in [9.17, 15) is 14.4 Å². The van der Waals surface area contributed by atoms with Crippen LogP contribution in [0.2, 0.25) is 0 Å². The van der Waals surface area contributed by atoms with Crippen molar-refractivity contribution in [2.45, 2.75) is 52.7 Å². The lowest BCUT2D eigenvalue weighted by Gasteiger charge is -2.37. The van der Waals surface area contributed by atoms with Gasteiger partial charge in [-0.25, -0.2) is 14.4 Å². The number of ether oxygens (including phenoxy) is 3. The van der Waals surface area contributed by atoms with Gasteiger partial charge in [0.25, 0.3) is 0 Å². The number of hydrogen-bond donors (Lipinski definition) is 1. The number of piperazine rings is 1. The second-order valence-electron chi connectivity index (χ2n) is 9.30. The van der Waals surface area contributed by atoms with Crippen LogP contribution in [-0.2, 0) is 14.2 Å². The van der Waals surface area contributed by atoms with Crippen LogP contribution in [0.5, 0.6) is 0 Å². The first-order valence-corrected chi connectivity index (χ1v) is 10.2. The van der Waals surface area contributed by atoms with E-state index in [1.807, 2.05) is 20.8 Å². The van der Waals surface area contributed by atoms with Crippen LogP contribution >= 0.6 is 0 Å². The summed E-state index contributed by atoms with van der Waals surface area (Å²) in [4.78, 5) is 40.4. The summed E-state index contributed by atoms with van der Waals surface area (Å²) >= 11 is 0. The summed E-state index contributed by atoms with van der Waals surface area (Å²) in [5.74, 6) is -0.563. The second-order valence-corrected chi connectivity index (χ2v) is 9.30. The molecule has 1 aromatic carbocycles. The number of nitrogens with one attached hydrogen (secondary N) is 1. The van der Waals surface area contributed by atoms with E-state index in [2.05, 4.69) is 10.2 Å². The summed E-state index contributed by atoms with van der Waals surface area (Å²) in [5.41, 5.74) is 0.117. The maximum absolute atomic E-state index is 12.3. The van der Waals surface area contributed by atoms with Gasteiger partial charge in [0.1, 0.15) is 11.2 Å². The number of carbonyl (C=O) groups excluding carboxylic acids is 3. The van der Waals surface area contributed by atoms with E-state index in [-0.39, 0.29) is 11.7 Å². The molecule has 1 aliphatic heterocycles. The molecular formula is C22H33N3O6. The third kappa shape index (κ3) is 7.34. The second kappa shape index (κ2) is 9.45. The number of carbonyl (C=O) groups is 3. The molecule has 0 radical (unpaired) electrons.